The van der Waals surface area contributed by atoms with E-state index in [4.69, 9.17) is 18.9 Å². The highest BCUT2D eigenvalue weighted by atomic mass is 16.5. The van der Waals surface area contributed by atoms with Gasteiger partial charge in [0.25, 0.3) is 29.5 Å². The molecule has 0 saturated heterocycles. The first-order valence-electron chi connectivity index (χ1n) is 45.2. The van der Waals surface area contributed by atoms with Gasteiger partial charge in [-0.05, 0) is 256 Å². The van der Waals surface area contributed by atoms with Crippen LogP contribution < -0.4 is 44.5 Å². The summed E-state index contributed by atoms with van der Waals surface area (Å²) in [7, 11) is 5.61. The van der Waals surface area contributed by atoms with Gasteiger partial charge in [-0.1, -0.05) is 160 Å². The number of anilines is 9. The minimum absolute atomic E-state index is 0.0866. The summed E-state index contributed by atoms with van der Waals surface area (Å²) in [5.41, 5.74) is 16.9. The molecular weight excluding hydrogens is 1630 g/mol. The summed E-state index contributed by atoms with van der Waals surface area (Å²) in [6, 6.07) is 78.7. The van der Waals surface area contributed by atoms with E-state index in [1.54, 1.807) is 7.05 Å². The predicted molar refractivity (Wildman–Crippen MR) is 537 cm³/mol. The Hall–Kier alpha value is -14.4. The fourth-order valence-electron chi connectivity index (χ4n) is 14.5. The molecule has 0 atom stereocenters. The normalized spacial score (nSPS) is 15.4. The van der Waals surface area contributed by atoms with Crippen LogP contribution in [0.4, 0.5) is 51.2 Å². The minimum atomic E-state index is -0.189. The number of hydrazone groups is 5. The van der Waals surface area contributed by atoms with Gasteiger partial charge in [0, 0.05) is 102 Å². The lowest BCUT2D eigenvalue weighted by Gasteiger charge is -2.24. The number of nitrogens with zero attached hydrogens (tertiary/aromatic N) is 15. The maximum Gasteiger partial charge on any atom is 0.284 e. The molecule has 24 heteroatoms. The molecule has 0 radical (unpaired) electrons. The Morgan fingerprint density at radius 2 is 0.508 bits per heavy atom. The quantitative estimate of drug-likeness (QED) is 0.0383. The number of unbranched alkanes of at least 4 members (excludes halogenated alkanes) is 2. The molecule has 9 aromatic rings. The van der Waals surface area contributed by atoms with E-state index in [2.05, 4.69) is 161 Å². The van der Waals surface area contributed by atoms with Crippen molar-refractivity contribution in [3.05, 3.63) is 298 Å². The molecule has 0 N–H and O–H groups in total. The second-order valence-corrected chi connectivity index (χ2v) is 30.5. The number of para-hydroxylation sites is 4. The molecule has 130 heavy (non-hydrogen) atoms. The van der Waals surface area contributed by atoms with Crippen molar-refractivity contribution >= 4 is 140 Å². The summed E-state index contributed by atoms with van der Waals surface area (Å²) in [4.78, 5) is 75.0. The van der Waals surface area contributed by atoms with Crippen LogP contribution in [0.2, 0.25) is 0 Å². The highest BCUT2D eigenvalue weighted by Crippen LogP contribution is 2.33. The number of likely N-dealkylation sites (N-methyl/N-ethyl adjacent to an activating group) is 1. The molecule has 5 heterocycles. The summed E-state index contributed by atoms with van der Waals surface area (Å²) >= 11 is 0. The number of amides is 5. The Morgan fingerprint density at radius 3 is 0.762 bits per heavy atom. The number of carbonyl (C=O) groups is 5. The molecule has 5 amide bonds. The maximum absolute atomic E-state index is 13.1. The average molecular weight is 1750 g/mol. The Bertz CT molecular complexity index is 5520. The van der Waals surface area contributed by atoms with Crippen LogP contribution in [0.15, 0.2) is 296 Å². The van der Waals surface area contributed by atoms with Gasteiger partial charge in [-0.3, -0.25) is 24.0 Å². The summed E-state index contributed by atoms with van der Waals surface area (Å²) in [5.74, 6) is 0.700. The van der Waals surface area contributed by atoms with E-state index in [-0.39, 0.29) is 29.5 Å². The van der Waals surface area contributed by atoms with Gasteiger partial charge >= 0.3 is 0 Å². The van der Waals surface area contributed by atoms with Crippen molar-refractivity contribution in [3.8, 4) is 0 Å². The molecule has 0 spiro atoms. The fraction of sp³-hybridized carbons (Fsp3) is 0.302. The van der Waals surface area contributed by atoms with Gasteiger partial charge in [-0.25, -0.2) is 5.01 Å². The van der Waals surface area contributed by atoms with Crippen LogP contribution in [-0.4, -0.2) is 164 Å². The zero-order valence-corrected chi connectivity index (χ0v) is 78.2. The number of benzene rings is 9. The van der Waals surface area contributed by atoms with Gasteiger partial charge in [0.1, 0.15) is 22.3 Å². The number of hydrogen-bond acceptors (Lipinski definition) is 19. The molecule has 678 valence electrons. The van der Waals surface area contributed by atoms with E-state index in [1.165, 1.54) is 73.5 Å². The summed E-state index contributed by atoms with van der Waals surface area (Å²) < 4.78 is 22.3. The van der Waals surface area contributed by atoms with Crippen molar-refractivity contribution < 1.29 is 42.9 Å². The zero-order chi connectivity index (χ0) is 93.0. The summed E-state index contributed by atoms with van der Waals surface area (Å²) in [5, 5.41) is 28.6. The lowest BCUT2D eigenvalue weighted by Crippen LogP contribution is -2.25. The molecule has 0 fully saturated rings. The first-order chi connectivity index (χ1) is 63.2. The zero-order valence-electron chi connectivity index (χ0n) is 78.2. The van der Waals surface area contributed by atoms with Crippen molar-refractivity contribution in [2.75, 3.05) is 144 Å². The van der Waals surface area contributed by atoms with Crippen LogP contribution in [0, 0.1) is 0 Å². The molecule has 0 saturated carbocycles. The first-order valence-corrected chi connectivity index (χ1v) is 45.2. The van der Waals surface area contributed by atoms with Crippen molar-refractivity contribution in [2.24, 2.45) is 25.5 Å². The van der Waals surface area contributed by atoms with Crippen molar-refractivity contribution in [1.82, 2.24) is 5.01 Å². The van der Waals surface area contributed by atoms with Crippen LogP contribution in [0.25, 0.3) is 30.4 Å². The molecule has 14 rings (SSSR count). The van der Waals surface area contributed by atoms with Gasteiger partial charge in [0.15, 0.2) is 0 Å². The SMILES string of the molecule is CCCCN(CCCC)c1ccc(/C=C2\C(=O)N(c3ccccc3)N=C2OCC)cc1.CCN(CC)c1ccc(/C=C2\C(=O)N(c3ccccc3)N=C2C)cc1.CCOC1=NN(C)C(=O)/C1=C\c1ccc(N(CC)CC)cc1.CCOC1=NN(c2ccccc2)C(=O)/C1=C\c1ccc(N(C)C)cc1.CCOC1=NN(c2ccccc2)C(=O)/C1=C\c1ccc(N(CC)CC)cc1. The van der Waals surface area contributed by atoms with Gasteiger partial charge in [0.2, 0.25) is 23.6 Å². The number of hydrogen-bond donors (Lipinski definition) is 0. The summed E-state index contributed by atoms with van der Waals surface area (Å²) in [6.45, 7) is 36.5. The Morgan fingerprint density at radius 1 is 0.277 bits per heavy atom. The van der Waals surface area contributed by atoms with Crippen LogP contribution in [0.1, 0.15) is 144 Å². The second kappa shape index (κ2) is 49.6. The van der Waals surface area contributed by atoms with Gasteiger partial charge in [0.05, 0.1) is 60.5 Å². The second-order valence-electron chi connectivity index (χ2n) is 30.5. The van der Waals surface area contributed by atoms with E-state index in [0.717, 1.165) is 114 Å². The Labute approximate surface area is 768 Å². The minimum Gasteiger partial charge on any atom is -0.476 e. The predicted octanol–water partition coefficient (Wildman–Crippen LogP) is 20.8. The van der Waals surface area contributed by atoms with Gasteiger partial charge in [-0.15, -0.1) is 20.4 Å². The maximum atomic E-state index is 13.1. The average Bonchev–Trinajstić information content (AvgIpc) is 1.65. The highest BCUT2D eigenvalue weighted by Gasteiger charge is 2.36. The van der Waals surface area contributed by atoms with Crippen molar-refractivity contribution in [1.29, 1.82) is 0 Å². The molecule has 0 aliphatic carbocycles. The third kappa shape index (κ3) is 25.9. The van der Waals surface area contributed by atoms with Crippen LogP contribution in [-0.2, 0) is 42.9 Å². The van der Waals surface area contributed by atoms with Gasteiger partial charge < -0.3 is 43.4 Å². The van der Waals surface area contributed by atoms with Gasteiger partial charge in [-0.2, -0.15) is 25.1 Å². The Balaban J connectivity index is 0.000000170. The largest absolute Gasteiger partial charge is 0.476 e. The van der Waals surface area contributed by atoms with E-state index in [1.807, 2.05) is 266 Å². The standard InChI is InChI=1S/C26H33N3O2.C22H25N3O2.C21H23N3O.C20H21N3O2.C17H23N3O2/c1-4-7-18-28(19-8-5-2)22-16-14-21(15-17-22)20-24-25(31-6-3)27-29(26(24)30)23-12-10-9-11-13-23;1-4-24(5-2)18-14-12-17(13-15-18)16-20-21(27-6-3)23-25(22(20)26)19-10-8-7-9-11-19;1-4-23(5-2)18-13-11-17(12-14-18)15-20-16(3)22-24(21(20)25)19-9-7-6-8-10-19;1-4-25-19-18(14-15-10-12-16(13-11-15)22(2)3)20(24)23(21-19)17-8-6-5-7-9-17;1-5-20(6-2)14-10-8-13(9-11-14)12-15-16(22-7-3)18-19(4)17(15)21/h9-17,20H,4-8,18-19H2,1-3H3;7-16H,4-6H2,1-3H3;6-15H,4-5H2,1-3H3;5-14H,4H2,1-3H3;8-12H,5-7H2,1-4H3/b24-20-;20-16-;20-15-;18-14-;15-12-. The van der Waals surface area contributed by atoms with E-state index < -0.39 is 0 Å². The molecule has 0 aromatic heterocycles. The van der Waals surface area contributed by atoms with Crippen molar-refractivity contribution in [3.63, 3.8) is 0 Å². The highest BCUT2D eigenvalue weighted by molar-refractivity contribution is 6.33. The molecule has 9 aromatic carbocycles. The fourth-order valence-corrected chi connectivity index (χ4v) is 14.5. The van der Waals surface area contributed by atoms with Crippen LogP contribution in [0.5, 0.6) is 0 Å². The monoisotopic (exact) mass is 1750 g/mol. The number of carbonyl (C=O) groups excluding carboxylic acids is 5. The lowest BCUT2D eigenvalue weighted by atomic mass is 10.1. The number of ether oxygens (including phenoxy) is 4. The Kier molecular flexibility index (Phi) is 37.3. The third-order valence-electron chi connectivity index (χ3n) is 21.6. The molecule has 5 aliphatic rings. The molecule has 0 unspecified atom stereocenters. The molecule has 24 nitrogen and oxygen atoms in total. The van der Waals surface area contributed by atoms with Crippen molar-refractivity contribution in [2.45, 2.75) is 116 Å². The summed E-state index contributed by atoms with van der Waals surface area (Å²) in [6.07, 6.45) is 14.0. The molecular formula is C106H125N15O9. The number of rotatable bonds is 30. The van der Waals surface area contributed by atoms with E-state index >= 15 is 0 Å². The first kappa shape index (κ1) is 97.8. The van der Waals surface area contributed by atoms with E-state index in [0.29, 0.717) is 77.9 Å². The molecule has 5 aliphatic heterocycles. The smallest absolute Gasteiger partial charge is 0.284 e. The van der Waals surface area contributed by atoms with E-state index in [9.17, 15) is 24.0 Å². The third-order valence-corrected chi connectivity index (χ3v) is 21.6. The van der Waals surface area contributed by atoms with Crippen LogP contribution in [0.3, 0.4) is 0 Å². The van der Waals surface area contributed by atoms with Crippen LogP contribution >= 0.6 is 0 Å². The topological polar surface area (TPSA) is 216 Å². The lowest BCUT2D eigenvalue weighted by molar-refractivity contribution is -0.124. The molecule has 0 bridgehead atoms.